The van der Waals surface area contributed by atoms with Crippen LogP contribution in [-0.4, -0.2) is 65.5 Å². The highest BCUT2D eigenvalue weighted by molar-refractivity contribution is 5.27. The molecule has 152 valence electrons. The number of piperazine rings is 1. The zero-order valence-electron chi connectivity index (χ0n) is 16.8. The van der Waals surface area contributed by atoms with E-state index >= 15 is 0 Å². The molecular formula is C23H32N2O3. The van der Waals surface area contributed by atoms with Crippen LogP contribution in [0.3, 0.4) is 0 Å². The summed E-state index contributed by atoms with van der Waals surface area (Å²) in [4.78, 5) is 4.97. The highest BCUT2D eigenvalue weighted by Crippen LogP contribution is 2.20. The third-order valence-electron chi connectivity index (χ3n) is 5.35. The molecule has 0 aliphatic carbocycles. The Hall–Kier alpha value is -1.92. The zero-order valence-corrected chi connectivity index (χ0v) is 16.8. The maximum absolute atomic E-state index is 9.54. The lowest BCUT2D eigenvalue weighted by Crippen LogP contribution is -2.52. The predicted octanol–water partition coefficient (Wildman–Crippen LogP) is 2.43. The lowest BCUT2D eigenvalue weighted by atomic mass is 10.1. The Morgan fingerprint density at radius 2 is 1.57 bits per heavy atom. The molecule has 3 rings (SSSR count). The number of aliphatic hydroxyl groups excluding tert-OH is 2. The summed E-state index contributed by atoms with van der Waals surface area (Å²) in [5, 5.41) is 18.4. The highest BCUT2D eigenvalue weighted by Gasteiger charge is 2.26. The fraction of sp³-hybridized carbons (Fsp3) is 0.478. The molecule has 0 unspecified atom stereocenters. The average molecular weight is 385 g/mol. The van der Waals surface area contributed by atoms with Crippen molar-refractivity contribution in [2.24, 2.45) is 0 Å². The van der Waals surface area contributed by atoms with E-state index in [1.54, 1.807) is 0 Å². The molecule has 2 aromatic carbocycles. The number of ether oxygens (including phenoxy) is 1. The van der Waals surface area contributed by atoms with Gasteiger partial charge >= 0.3 is 0 Å². The van der Waals surface area contributed by atoms with Crippen molar-refractivity contribution in [2.75, 3.05) is 39.5 Å². The van der Waals surface area contributed by atoms with E-state index < -0.39 is 0 Å². The van der Waals surface area contributed by atoms with E-state index in [1.807, 2.05) is 12.1 Å². The standard InChI is InChI=1S/C23H32N2O3/c1-19-2-4-21(5-3-19)17-25-12-11-24(18-22(25)10-13-26)16-20-6-8-23(9-7-20)28-15-14-27/h2-9,22,26-27H,10-18H2,1H3/t22-/m0/s1. The van der Waals surface area contributed by atoms with E-state index in [9.17, 15) is 5.11 Å². The van der Waals surface area contributed by atoms with Crippen molar-refractivity contribution in [2.45, 2.75) is 32.5 Å². The maximum atomic E-state index is 9.54. The number of aliphatic hydroxyl groups is 2. The van der Waals surface area contributed by atoms with Gasteiger partial charge in [0.15, 0.2) is 0 Å². The van der Waals surface area contributed by atoms with Crippen molar-refractivity contribution in [3.63, 3.8) is 0 Å². The van der Waals surface area contributed by atoms with Crippen LogP contribution in [0.25, 0.3) is 0 Å². The summed E-state index contributed by atoms with van der Waals surface area (Å²) in [7, 11) is 0. The van der Waals surface area contributed by atoms with Gasteiger partial charge in [0.2, 0.25) is 0 Å². The molecule has 0 saturated carbocycles. The lowest BCUT2D eigenvalue weighted by molar-refractivity contribution is 0.0500. The number of nitrogens with zero attached hydrogens (tertiary/aromatic N) is 2. The minimum absolute atomic E-state index is 0.0286. The Balaban J connectivity index is 1.56. The Bertz CT molecular complexity index is 703. The lowest BCUT2D eigenvalue weighted by Gasteiger charge is -2.41. The summed E-state index contributed by atoms with van der Waals surface area (Å²) < 4.78 is 5.43. The smallest absolute Gasteiger partial charge is 0.119 e. The summed E-state index contributed by atoms with van der Waals surface area (Å²) >= 11 is 0. The van der Waals surface area contributed by atoms with Crippen LogP contribution in [0.5, 0.6) is 5.75 Å². The monoisotopic (exact) mass is 384 g/mol. The van der Waals surface area contributed by atoms with Crippen LogP contribution in [0.4, 0.5) is 0 Å². The Morgan fingerprint density at radius 3 is 2.25 bits per heavy atom. The molecule has 1 heterocycles. The SMILES string of the molecule is Cc1ccc(CN2CCN(Cc3ccc(OCCO)cc3)C[C@@H]2CCO)cc1. The molecule has 0 aromatic heterocycles. The van der Waals surface area contributed by atoms with Gasteiger partial charge in [0.1, 0.15) is 12.4 Å². The molecule has 1 saturated heterocycles. The first-order valence-electron chi connectivity index (χ1n) is 10.1. The summed E-state index contributed by atoms with van der Waals surface area (Å²) in [5.74, 6) is 0.791. The van der Waals surface area contributed by atoms with Gasteiger partial charge in [-0.1, -0.05) is 42.0 Å². The minimum Gasteiger partial charge on any atom is -0.491 e. The van der Waals surface area contributed by atoms with E-state index in [-0.39, 0.29) is 13.2 Å². The fourth-order valence-corrected chi connectivity index (χ4v) is 3.77. The molecule has 28 heavy (non-hydrogen) atoms. The van der Waals surface area contributed by atoms with Crippen LogP contribution >= 0.6 is 0 Å². The molecule has 0 bridgehead atoms. The quantitative estimate of drug-likeness (QED) is 0.696. The molecule has 0 amide bonds. The van der Waals surface area contributed by atoms with Crippen molar-refractivity contribution in [1.82, 2.24) is 9.80 Å². The molecule has 2 aromatic rings. The molecule has 5 heteroatoms. The number of rotatable bonds is 9. The normalized spacial score (nSPS) is 18.3. The van der Waals surface area contributed by atoms with Gasteiger partial charge in [0, 0.05) is 45.4 Å². The molecule has 0 spiro atoms. The average Bonchev–Trinajstić information content (AvgIpc) is 2.71. The maximum Gasteiger partial charge on any atom is 0.119 e. The number of hydrogen-bond acceptors (Lipinski definition) is 5. The van der Waals surface area contributed by atoms with Crippen LogP contribution in [0.15, 0.2) is 48.5 Å². The summed E-state index contributed by atoms with van der Waals surface area (Å²) in [5.41, 5.74) is 3.87. The summed E-state index contributed by atoms with van der Waals surface area (Å²) in [6, 6.07) is 17.2. The molecule has 1 fully saturated rings. The van der Waals surface area contributed by atoms with Crippen LogP contribution in [-0.2, 0) is 13.1 Å². The fourth-order valence-electron chi connectivity index (χ4n) is 3.77. The third-order valence-corrected chi connectivity index (χ3v) is 5.35. The topological polar surface area (TPSA) is 56.2 Å². The second-order valence-corrected chi connectivity index (χ2v) is 7.57. The number of benzene rings is 2. The van der Waals surface area contributed by atoms with Gasteiger partial charge in [-0.3, -0.25) is 9.80 Å². The van der Waals surface area contributed by atoms with E-state index in [4.69, 9.17) is 9.84 Å². The molecule has 0 radical (unpaired) electrons. The zero-order chi connectivity index (χ0) is 19.8. The Kier molecular flexibility index (Phi) is 7.86. The minimum atomic E-state index is 0.0286. The number of aryl methyl sites for hydroxylation is 1. The van der Waals surface area contributed by atoms with Gasteiger partial charge < -0.3 is 14.9 Å². The van der Waals surface area contributed by atoms with Crippen molar-refractivity contribution >= 4 is 0 Å². The highest BCUT2D eigenvalue weighted by atomic mass is 16.5. The van der Waals surface area contributed by atoms with Crippen molar-refractivity contribution in [3.8, 4) is 5.75 Å². The van der Waals surface area contributed by atoms with E-state index in [0.29, 0.717) is 12.6 Å². The van der Waals surface area contributed by atoms with Gasteiger partial charge in [0.25, 0.3) is 0 Å². The first-order chi connectivity index (χ1) is 13.7. The molecule has 1 aliphatic rings. The molecule has 2 N–H and O–H groups in total. The van der Waals surface area contributed by atoms with Gasteiger partial charge in [-0.15, -0.1) is 0 Å². The second-order valence-electron chi connectivity index (χ2n) is 7.57. The predicted molar refractivity (Wildman–Crippen MR) is 111 cm³/mol. The first-order valence-corrected chi connectivity index (χ1v) is 10.1. The van der Waals surface area contributed by atoms with Crippen molar-refractivity contribution in [1.29, 1.82) is 0 Å². The Morgan fingerprint density at radius 1 is 0.893 bits per heavy atom. The van der Waals surface area contributed by atoms with Crippen LogP contribution in [0.1, 0.15) is 23.1 Å². The van der Waals surface area contributed by atoms with Gasteiger partial charge in [-0.2, -0.15) is 0 Å². The first kappa shape index (κ1) is 20.8. The molecule has 1 atom stereocenters. The van der Waals surface area contributed by atoms with Crippen LogP contribution in [0.2, 0.25) is 0 Å². The van der Waals surface area contributed by atoms with Crippen LogP contribution in [0, 0.1) is 6.92 Å². The van der Waals surface area contributed by atoms with Crippen molar-refractivity contribution < 1.29 is 14.9 Å². The molecular weight excluding hydrogens is 352 g/mol. The molecule has 5 nitrogen and oxygen atoms in total. The van der Waals surface area contributed by atoms with Gasteiger partial charge in [0.05, 0.1) is 6.61 Å². The Labute approximate surface area is 168 Å². The van der Waals surface area contributed by atoms with Crippen molar-refractivity contribution in [3.05, 3.63) is 65.2 Å². The third kappa shape index (κ3) is 6.04. The van der Waals surface area contributed by atoms with E-state index in [0.717, 1.165) is 44.9 Å². The van der Waals surface area contributed by atoms with Crippen LogP contribution < -0.4 is 4.74 Å². The summed E-state index contributed by atoms with van der Waals surface area (Å²) in [6.07, 6.45) is 0.802. The van der Waals surface area contributed by atoms with Gasteiger partial charge in [-0.05, 0) is 36.6 Å². The number of hydrogen-bond donors (Lipinski definition) is 2. The van der Waals surface area contributed by atoms with E-state index in [1.165, 1.54) is 16.7 Å². The molecule has 1 aliphatic heterocycles. The van der Waals surface area contributed by atoms with Gasteiger partial charge in [-0.25, -0.2) is 0 Å². The van der Waals surface area contributed by atoms with E-state index in [2.05, 4.69) is 53.1 Å². The second kappa shape index (κ2) is 10.6. The largest absolute Gasteiger partial charge is 0.491 e. The summed E-state index contributed by atoms with van der Waals surface area (Å²) in [6.45, 7) is 7.53.